The molecule has 30 heavy (non-hydrogen) atoms. The smallest absolute Gasteiger partial charge is 0.256 e. The standard InChI is InChI=1S/C23H27BrN4O2/c1-14-20(13-18-17-12-16(24)6-7-19(17)27-22(18)29)26-15(2)21(14)23(30)25-8-5-11-28-9-3-4-10-28/h6-7,12-13,26H,3-5,8-11H2,1-2H3,(H,25,30)(H,27,29). The number of aryl methyl sites for hydroxylation is 1. The Morgan fingerprint density at radius 2 is 2.03 bits per heavy atom. The van der Waals surface area contributed by atoms with Crippen molar-refractivity contribution in [1.82, 2.24) is 15.2 Å². The van der Waals surface area contributed by atoms with Gasteiger partial charge in [-0.05, 0) is 82.6 Å². The largest absolute Gasteiger partial charge is 0.358 e. The summed E-state index contributed by atoms with van der Waals surface area (Å²) in [6.45, 7) is 7.87. The number of halogens is 1. The van der Waals surface area contributed by atoms with Gasteiger partial charge in [-0.15, -0.1) is 0 Å². The molecule has 1 aromatic carbocycles. The number of fused-ring (bicyclic) bond motifs is 1. The van der Waals surface area contributed by atoms with Crippen molar-refractivity contribution in [2.24, 2.45) is 0 Å². The van der Waals surface area contributed by atoms with E-state index in [0.29, 0.717) is 17.7 Å². The molecule has 2 aliphatic rings. The van der Waals surface area contributed by atoms with Crippen molar-refractivity contribution >= 4 is 45.1 Å². The monoisotopic (exact) mass is 470 g/mol. The van der Waals surface area contributed by atoms with Gasteiger partial charge in [0.1, 0.15) is 0 Å². The first-order valence-electron chi connectivity index (χ1n) is 10.5. The molecule has 0 atom stereocenters. The van der Waals surface area contributed by atoms with Gasteiger partial charge in [0.25, 0.3) is 11.8 Å². The number of carbonyl (C=O) groups is 2. The van der Waals surface area contributed by atoms with Gasteiger partial charge in [-0.3, -0.25) is 9.59 Å². The van der Waals surface area contributed by atoms with Crippen molar-refractivity contribution in [2.75, 3.05) is 31.5 Å². The molecule has 7 heteroatoms. The van der Waals surface area contributed by atoms with Crippen LogP contribution in [0.2, 0.25) is 0 Å². The SMILES string of the molecule is Cc1[nH]c(C=C2C(=O)Nc3ccc(Br)cc32)c(C)c1C(=O)NCCCN1CCCC1. The van der Waals surface area contributed by atoms with Crippen molar-refractivity contribution in [3.05, 3.63) is 50.8 Å². The molecule has 2 aromatic rings. The van der Waals surface area contributed by atoms with Crippen LogP contribution in [0.25, 0.3) is 11.6 Å². The maximum atomic E-state index is 12.8. The zero-order chi connectivity index (χ0) is 21.3. The van der Waals surface area contributed by atoms with E-state index in [2.05, 4.69) is 36.4 Å². The van der Waals surface area contributed by atoms with Crippen LogP contribution in [0.15, 0.2) is 22.7 Å². The molecule has 6 nitrogen and oxygen atoms in total. The predicted octanol–water partition coefficient (Wildman–Crippen LogP) is 4.10. The van der Waals surface area contributed by atoms with Crippen molar-refractivity contribution in [3.63, 3.8) is 0 Å². The Morgan fingerprint density at radius 1 is 1.27 bits per heavy atom. The molecule has 158 valence electrons. The number of aromatic amines is 1. The number of amides is 2. The van der Waals surface area contributed by atoms with Gasteiger partial charge in [-0.2, -0.15) is 0 Å². The number of aromatic nitrogens is 1. The third-order valence-corrected chi connectivity index (χ3v) is 6.39. The molecule has 0 radical (unpaired) electrons. The Labute approximate surface area is 185 Å². The van der Waals surface area contributed by atoms with Crippen LogP contribution in [0.3, 0.4) is 0 Å². The lowest BCUT2D eigenvalue weighted by Crippen LogP contribution is -2.29. The van der Waals surface area contributed by atoms with Crippen molar-refractivity contribution in [2.45, 2.75) is 33.1 Å². The lowest BCUT2D eigenvalue weighted by Gasteiger charge is -2.14. The fourth-order valence-corrected chi connectivity index (χ4v) is 4.67. The highest BCUT2D eigenvalue weighted by Crippen LogP contribution is 2.35. The molecule has 2 amide bonds. The number of benzene rings is 1. The van der Waals surface area contributed by atoms with E-state index in [1.165, 1.54) is 25.9 Å². The molecule has 1 saturated heterocycles. The third-order valence-electron chi connectivity index (χ3n) is 5.89. The number of likely N-dealkylation sites (tertiary alicyclic amines) is 1. The molecule has 3 N–H and O–H groups in total. The van der Waals surface area contributed by atoms with E-state index < -0.39 is 0 Å². The minimum absolute atomic E-state index is 0.0636. The van der Waals surface area contributed by atoms with Gasteiger partial charge in [0.2, 0.25) is 0 Å². The lowest BCUT2D eigenvalue weighted by molar-refractivity contribution is -0.110. The fourth-order valence-electron chi connectivity index (χ4n) is 4.31. The van der Waals surface area contributed by atoms with E-state index in [-0.39, 0.29) is 11.8 Å². The number of anilines is 1. The average molecular weight is 471 g/mol. The summed E-state index contributed by atoms with van der Waals surface area (Å²) in [5.41, 5.74) is 5.36. The highest BCUT2D eigenvalue weighted by atomic mass is 79.9. The average Bonchev–Trinajstić information content (AvgIpc) is 3.39. The molecule has 0 aliphatic carbocycles. The van der Waals surface area contributed by atoms with Crippen LogP contribution in [0, 0.1) is 13.8 Å². The molecule has 2 aliphatic heterocycles. The second-order valence-electron chi connectivity index (χ2n) is 8.02. The molecule has 4 rings (SSSR count). The highest BCUT2D eigenvalue weighted by Gasteiger charge is 2.25. The van der Waals surface area contributed by atoms with E-state index in [0.717, 1.165) is 45.6 Å². The van der Waals surface area contributed by atoms with Gasteiger partial charge in [0.05, 0.1) is 11.1 Å². The maximum Gasteiger partial charge on any atom is 0.256 e. The second kappa shape index (κ2) is 8.78. The molecule has 0 unspecified atom stereocenters. The predicted molar refractivity (Wildman–Crippen MR) is 124 cm³/mol. The molecular formula is C23H27BrN4O2. The lowest BCUT2D eigenvalue weighted by atomic mass is 10.0. The Balaban J connectivity index is 1.48. The fraction of sp³-hybridized carbons (Fsp3) is 0.391. The normalized spacial score (nSPS) is 17.4. The number of rotatable bonds is 6. The Kier molecular flexibility index (Phi) is 6.11. The van der Waals surface area contributed by atoms with E-state index in [9.17, 15) is 9.59 Å². The first-order chi connectivity index (χ1) is 14.4. The van der Waals surface area contributed by atoms with Crippen LogP contribution in [0.4, 0.5) is 5.69 Å². The number of nitrogens with one attached hydrogen (secondary N) is 3. The van der Waals surface area contributed by atoms with Crippen molar-refractivity contribution in [1.29, 1.82) is 0 Å². The van der Waals surface area contributed by atoms with Crippen molar-refractivity contribution < 1.29 is 9.59 Å². The number of hydrogen-bond donors (Lipinski definition) is 3. The summed E-state index contributed by atoms with van der Waals surface area (Å²) in [6, 6.07) is 5.71. The number of hydrogen-bond acceptors (Lipinski definition) is 3. The molecule has 0 saturated carbocycles. The van der Waals surface area contributed by atoms with E-state index >= 15 is 0 Å². The van der Waals surface area contributed by atoms with Crippen LogP contribution in [0.5, 0.6) is 0 Å². The minimum atomic E-state index is -0.136. The first kappa shape index (κ1) is 20.9. The van der Waals surface area contributed by atoms with Crippen LogP contribution in [-0.4, -0.2) is 47.9 Å². The third kappa shape index (κ3) is 4.23. The summed E-state index contributed by atoms with van der Waals surface area (Å²) in [7, 11) is 0. The van der Waals surface area contributed by atoms with E-state index in [1.807, 2.05) is 38.1 Å². The molecule has 0 bridgehead atoms. The zero-order valence-corrected chi connectivity index (χ0v) is 19.0. The number of nitrogens with zero attached hydrogens (tertiary/aromatic N) is 1. The Morgan fingerprint density at radius 3 is 2.80 bits per heavy atom. The van der Waals surface area contributed by atoms with Gasteiger partial charge in [-0.25, -0.2) is 0 Å². The summed E-state index contributed by atoms with van der Waals surface area (Å²) in [4.78, 5) is 31.0. The summed E-state index contributed by atoms with van der Waals surface area (Å²) >= 11 is 3.47. The van der Waals surface area contributed by atoms with Crippen LogP contribution in [0.1, 0.15) is 52.1 Å². The van der Waals surface area contributed by atoms with Crippen molar-refractivity contribution in [3.8, 4) is 0 Å². The number of carbonyl (C=O) groups excluding carboxylic acids is 2. The van der Waals surface area contributed by atoms with Gasteiger partial charge in [0.15, 0.2) is 0 Å². The molecule has 0 spiro atoms. The summed E-state index contributed by atoms with van der Waals surface area (Å²) in [6.07, 6.45) is 5.36. The van der Waals surface area contributed by atoms with E-state index in [4.69, 9.17) is 0 Å². The summed E-state index contributed by atoms with van der Waals surface area (Å²) in [5.74, 6) is -0.200. The zero-order valence-electron chi connectivity index (χ0n) is 17.4. The van der Waals surface area contributed by atoms with Gasteiger partial charge < -0.3 is 20.5 Å². The topological polar surface area (TPSA) is 77.2 Å². The van der Waals surface area contributed by atoms with Gasteiger partial charge >= 0.3 is 0 Å². The Bertz CT molecular complexity index is 1020. The van der Waals surface area contributed by atoms with Crippen LogP contribution in [-0.2, 0) is 4.79 Å². The molecular weight excluding hydrogens is 444 g/mol. The molecule has 1 aromatic heterocycles. The first-order valence-corrected chi connectivity index (χ1v) is 11.3. The number of H-pyrrole nitrogens is 1. The molecule has 3 heterocycles. The molecule has 1 fully saturated rings. The van der Waals surface area contributed by atoms with Crippen LogP contribution >= 0.6 is 15.9 Å². The Hall–Kier alpha value is -2.38. The van der Waals surface area contributed by atoms with Crippen LogP contribution < -0.4 is 10.6 Å². The minimum Gasteiger partial charge on any atom is -0.358 e. The van der Waals surface area contributed by atoms with E-state index in [1.54, 1.807) is 0 Å². The summed E-state index contributed by atoms with van der Waals surface area (Å²) in [5, 5.41) is 5.94. The van der Waals surface area contributed by atoms with Gasteiger partial charge in [0, 0.05) is 33.7 Å². The van der Waals surface area contributed by atoms with Gasteiger partial charge in [-0.1, -0.05) is 15.9 Å². The summed E-state index contributed by atoms with van der Waals surface area (Å²) < 4.78 is 0.914. The highest BCUT2D eigenvalue weighted by molar-refractivity contribution is 9.10. The maximum absolute atomic E-state index is 12.8. The second-order valence-corrected chi connectivity index (χ2v) is 8.94. The quantitative estimate of drug-likeness (QED) is 0.439.